The van der Waals surface area contributed by atoms with Crippen LogP contribution in [0.3, 0.4) is 0 Å². The number of H-pyrrole nitrogens is 1. The van der Waals surface area contributed by atoms with E-state index in [0.29, 0.717) is 36.2 Å². The third-order valence-electron chi connectivity index (χ3n) is 5.47. The Balaban J connectivity index is 1.39. The molecule has 34 heavy (non-hydrogen) atoms. The summed E-state index contributed by atoms with van der Waals surface area (Å²) >= 11 is 0. The van der Waals surface area contributed by atoms with Gasteiger partial charge in [-0.1, -0.05) is 55.5 Å². The third kappa shape index (κ3) is 4.43. The minimum Gasteiger partial charge on any atom is -0.486 e. The molecule has 0 radical (unpaired) electrons. The molecule has 0 spiro atoms. The van der Waals surface area contributed by atoms with E-state index >= 15 is 0 Å². The number of benzene rings is 2. The third-order valence-corrected chi connectivity index (χ3v) is 5.47. The molecular formula is C26H24N6O2. The van der Waals surface area contributed by atoms with Crippen molar-refractivity contribution in [2.75, 3.05) is 6.61 Å². The monoisotopic (exact) mass is 452 g/mol. The average molecular weight is 453 g/mol. The Hall–Kier alpha value is -4.33. The Morgan fingerprint density at radius 1 is 0.853 bits per heavy atom. The first-order valence-electron chi connectivity index (χ1n) is 11.2. The number of aromatic nitrogens is 6. The van der Waals surface area contributed by atoms with Gasteiger partial charge in [-0.2, -0.15) is 5.21 Å². The SMILES string of the molecule is CCOc1ccc2nc(CC)cc(OCc3ccc(-c4ccccc4-c4nn[nH]n4)cc3)c2n1. The van der Waals surface area contributed by atoms with Gasteiger partial charge in [0.2, 0.25) is 11.7 Å². The van der Waals surface area contributed by atoms with Crippen molar-refractivity contribution in [2.45, 2.75) is 26.9 Å². The fraction of sp³-hybridized carbons (Fsp3) is 0.192. The zero-order valence-corrected chi connectivity index (χ0v) is 19.0. The lowest BCUT2D eigenvalue weighted by Crippen LogP contribution is -2.01. The summed E-state index contributed by atoms with van der Waals surface area (Å²) in [6.07, 6.45) is 0.813. The summed E-state index contributed by atoms with van der Waals surface area (Å²) in [4.78, 5) is 9.28. The number of hydrogen-bond acceptors (Lipinski definition) is 7. The van der Waals surface area contributed by atoms with Crippen molar-refractivity contribution >= 4 is 11.0 Å². The van der Waals surface area contributed by atoms with Gasteiger partial charge in [-0.05, 0) is 41.3 Å². The molecule has 8 nitrogen and oxygen atoms in total. The van der Waals surface area contributed by atoms with Crippen LogP contribution in [0, 0.1) is 0 Å². The molecule has 0 saturated carbocycles. The van der Waals surface area contributed by atoms with Crippen LogP contribution in [0.2, 0.25) is 0 Å². The van der Waals surface area contributed by atoms with Crippen LogP contribution in [0.15, 0.2) is 66.7 Å². The molecule has 3 aromatic heterocycles. The number of hydrogen-bond donors (Lipinski definition) is 1. The normalized spacial score (nSPS) is 11.0. The molecular weight excluding hydrogens is 428 g/mol. The van der Waals surface area contributed by atoms with Crippen molar-refractivity contribution in [3.8, 4) is 34.1 Å². The smallest absolute Gasteiger partial charge is 0.214 e. The van der Waals surface area contributed by atoms with E-state index < -0.39 is 0 Å². The zero-order valence-electron chi connectivity index (χ0n) is 19.0. The van der Waals surface area contributed by atoms with Crippen LogP contribution >= 0.6 is 0 Å². The van der Waals surface area contributed by atoms with Gasteiger partial charge in [0.1, 0.15) is 17.9 Å². The highest BCUT2D eigenvalue weighted by molar-refractivity contribution is 5.82. The molecule has 8 heteroatoms. The lowest BCUT2D eigenvalue weighted by molar-refractivity contribution is 0.307. The molecule has 0 atom stereocenters. The first kappa shape index (κ1) is 21.5. The Morgan fingerprint density at radius 2 is 1.68 bits per heavy atom. The van der Waals surface area contributed by atoms with Crippen molar-refractivity contribution in [1.82, 2.24) is 30.6 Å². The second-order valence-corrected chi connectivity index (χ2v) is 7.68. The van der Waals surface area contributed by atoms with Gasteiger partial charge in [-0.15, -0.1) is 10.2 Å². The van der Waals surface area contributed by atoms with E-state index in [1.807, 2.05) is 49.4 Å². The highest BCUT2D eigenvalue weighted by Crippen LogP contribution is 2.31. The van der Waals surface area contributed by atoms with Gasteiger partial charge in [-0.25, -0.2) is 4.98 Å². The Labute approximate surface area is 197 Å². The number of fused-ring (bicyclic) bond motifs is 1. The Kier molecular flexibility index (Phi) is 6.11. The van der Waals surface area contributed by atoms with Crippen molar-refractivity contribution in [1.29, 1.82) is 0 Å². The van der Waals surface area contributed by atoms with Crippen LogP contribution in [0.5, 0.6) is 11.6 Å². The van der Waals surface area contributed by atoms with E-state index in [4.69, 9.17) is 9.47 Å². The number of nitrogens with one attached hydrogen (secondary N) is 1. The number of tetrazole rings is 1. The Bertz CT molecular complexity index is 1400. The fourth-order valence-electron chi connectivity index (χ4n) is 3.78. The van der Waals surface area contributed by atoms with E-state index in [2.05, 4.69) is 61.8 Å². The van der Waals surface area contributed by atoms with Crippen LogP contribution in [0.25, 0.3) is 33.5 Å². The van der Waals surface area contributed by atoms with Crippen molar-refractivity contribution in [3.05, 3.63) is 78.0 Å². The highest BCUT2D eigenvalue weighted by Gasteiger charge is 2.12. The first-order valence-corrected chi connectivity index (χ1v) is 11.2. The maximum atomic E-state index is 6.22. The molecule has 2 aromatic carbocycles. The molecule has 0 saturated heterocycles. The number of aryl methyl sites for hydroxylation is 1. The second-order valence-electron chi connectivity index (χ2n) is 7.68. The van der Waals surface area contributed by atoms with Gasteiger partial charge in [-0.3, -0.25) is 4.98 Å². The summed E-state index contributed by atoms with van der Waals surface area (Å²) in [5.74, 6) is 1.84. The van der Waals surface area contributed by atoms with E-state index in [1.54, 1.807) is 0 Å². The first-order chi connectivity index (χ1) is 16.7. The number of nitrogens with zero attached hydrogens (tertiary/aromatic N) is 5. The van der Waals surface area contributed by atoms with Gasteiger partial charge < -0.3 is 9.47 Å². The summed E-state index contributed by atoms with van der Waals surface area (Å²) in [5, 5.41) is 14.4. The predicted octanol–water partition coefficient (Wildman–Crippen LogP) is 5.02. The molecule has 0 unspecified atom stereocenters. The fourth-order valence-corrected chi connectivity index (χ4v) is 3.78. The number of pyridine rings is 2. The van der Waals surface area contributed by atoms with Gasteiger partial charge in [0, 0.05) is 23.4 Å². The minimum absolute atomic E-state index is 0.412. The quantitative estimate of drug-likeness (QED) is 0.353. The summed E-state index contributed by atoms with van der Waals surface area (Å²) in [5.41, 5.74) is 6.53. The van der Waals surface area contributed by atoms with Crippen molar-refractivity contribution in [2.24, 2.45) is 0 Å². The maximum absolute atomic E-state index is 6.22. The predicted molar refractivity (Wildman–Crippen MR) is 129 cm³/mol. The zero-order chi connectivity index (χ0) is 23.3. The topological polar surface area (TPSA) is 98.7 Å². The molecule has 0 aliphatic heterocycles. The average Bonchev–Trinajstić information content (AvgIpc) is 3.43. The summed E-state index contributed by atoms with van der Waals surface area (Å²) in [6.45, 7) is 4.98. The van der Waals surface area contributed by atoms with Crippen LogP contribution in [0.4, 0.5) is 0 Å². The molecule has 5 aromatic rings. The minimum atomic E-state index is 0.412. The van der Waals surface area contributed by atoms with Crippen LogP contribution in [0.1, 0.15) is 25.1 Å². The van der Waals surface area contributed by atoms with Crippen LogP contribution in [-0.2, 0) is 13.0 Å². The summed E-state index contributed by atoms with van der Waals surface area (Å²) in [6, 6.07) is 22.0. The number of aromatic amines is 1. The van der Waals surface area contributed by atoms with Crippen LogP contribution < -0.4 is 9.47 Å². The molecule has 1 N–H and O–H groups in total. The Morgan fingerprint density at radius 3 is 2.41 bits per heavy atom. The van der Waals surface area contributed by atoms with Crippen LogP contribution in [-0.4, -0.2) is 37.2 Å². The number of ether oxygens (including phenoxy) is 2. The lowest BCUT2D eigenvalue weighted by atomic mass is 9.98. The molecule has 0 aliphatic carbocycles. The van der Waals surface area contributed by atoms with Gasteiger partial charge >= 0.3 is 0 Å². The van der Waals surface area contributed by atoms with Gasteiger partial charge in [0.15, 0.2) is 0 Å². The van der Waals surface area contributed by atoms with E-state index in [9.17, 15) is 0 Å². The standard InChI is InChI=1S/C26H24N6O2/c1-3-19-15-23(25-22(27-19)13-14-24(28-25)33-4-2)34-16-17-9-11-18(12-10-17)20-7-5-6-8-21(20)26-29-31-32-30-26/h5-15H,3-4,16H2,1-2H3,(H,29,30,31,32). The van der Waals surface area contributed by atoms with Crippen molar-refractivity contribution in [3.63, 3.8) is 0 Å². The largest absolute Gasteiger partial charge is 0.486 e. The van der Waals surface area contributed by atoms with Crippen molar-refractivity contribution < 1.29 is 9.47 Å². The van der Waals surface area contributed by atoms with E-state index in [1.165, 1.54) is 0 Å². The molecule has 0 amide bonds. The summed E-state index contributed by atoms with van der Waals surface area (Å²) < 4.78 is 11.8. The molecule has 0 bridgehead atoms. The number of rotatable bonds is 8. The molecule has 170 valence electrons. The van der Waals surface area contributed by atoms with Gasteiger partial charge in [0.05, 0.1) is 12.1 Å². The summed E-state index contributed by atoms with van der Waals surface area (Å²) in [7, 11) is 0. The lowest BCUT2D eigenvalue weighted by Gasteiger charge is -2.12. The van der Waals surface area contributed by atoms with E-state index in [-0.39, 0.29) is 0 Å². The highest BCUT2D eigenvalue weighted by atomic mass is 16.5. The molecule has 5 rings (SSSR count). The van der Waals surface area contributed by atoms with Gasteiger partial charge in [0.25, 0.3) is 0 Å². The maximum Gasteiger partial charge on any atom is 0.214 e. The molecule has 0 aliphatic rings. The van der Waals surface area contributed by atoms with E-state index in [0.717, 1.165) is 39.9 Å². The molecule has 0 fully saturated rings. The molecule has 3 heterocycles. The second kappa shape index (κ2) is 9.66.